The lowest BCUT2D eigenvalue weighted by atomic mass is 10.2. The normalized spacial score (nSPS) is 15.1. The molecule has 0 aromatic heterocycles. The van der Waals surface area contributed by atoms with Gasteiger partial charge in [-0.15, -0.1) is 0 Å². The molecule has 1 aliphatic carbocycles. The van der Waals surface area contributed by atoms with Crippen molar-refractivity contribution in [1.82, 2.24) is 10.6 Å². The third-order valence-corrected chi connectivity index (χ3v) is 2.74. The van der Waals surface area contributed by atoms with Crippen LogP contribution in [0.1, 0.15) is 23.2 Å². The van der Waals surface area contributed by atoms with Gasteiger partial charge in [0.25, 0.3) is 5.91 Å². The smallest absolute Gasteiger partial charge is 0.251 e. The highest BCUT2D eigenvalue weighted by Gasteiger charge is 2.21. The van der Waals surface area contributed by atoms with Crippen LogP contribution in [0.3, 0.4) is 0 Å². The van der Waals surface area contributed by atoms with Crippen LogP contribution in [0.2, 0.25) is 0 Å². The van der Waals surface area contributed by atoms with Gasteiger partial charge in [0, 0.05) is 18.2 Å². The zero-order valence-electron chi connectivity index (χ0n) is 10.6. The van der Waals surface area contributed by atoms with E-state index in [2.05, 4.69) is 15.6 Å². The van der Waals surface area contributed by atoms with Gasteiger partial charge in [-0.2, -0.15) is 0 Å². The molecule has 0 spiro atoms. The largest absolute Gasteiger partial charge is 0.508 e. The number of hydrogen-bond acceptors (Lipinski definition) is 3. The van der Waals surface area contributed by atoms with Gasteiger partial charge in [-0.25, -0.2) is 0 Å². The van der Waals surface area contributed by atoms with Gasteiger partial charge in [-0.05, 0) is 37.1 Å². The minimum atomic E-state index is -0.191. The Hall–Kier alpha value is -2.24. The molecule has 0 saturated heterocycles. The number of nitrogens with zero attached hydrogens (tertiary/aromatic N) is 1. The van der Waals surface area contributed by atoms with Crippen LogP contribution in [0, 0.1) is 0 Å². The lowest BCUT2D eigenvalue weighted by Crippen LogP contribution is -2.34. The average molecular weight is 262 g/mol. The average Bonchev–Trinajstić information content (AvgIpc) is 3.19. The number of hydrogen-bond donors (Lipinski definition) is 4. The molecule has 1 saturated carbocycles. The number of carbonyl (C=O) groups is 1. The maximum Gasteiger partial charge on any atom is 0.251 e. The summed E-state index contributed by atoms with van der Waals surface area (Å²) in [6.45, 7) is 0.863. The van der Waals surface area contributed by atoms with E-state index in [0.29, 0.717) is 30.7 Å². The van der Waals surface area contributed by atoms with E-state index in [-0.39, 0.29) is 11.7 Å². The molecular formula is C13H18N4O2. The highest BCUT2D eigenvalue weighted by molar-refractivity contribution is 5.94. The molecule has 0 aliphatic heterocycles. The maximum absolute atomic E-state index is 11.7. The SMILES string of the molecule is NC(=NCCNC(=O)c1ccc(O)cc1)NC1CC1. The van der Waals surface area contributed by atoms with Gasteiger partial charge in [0.05, 0.1) is 6.54 Å². The summed E-state index contributed by atoms with van der Waals surface area (Å²) in [6, 6.07) is 6.57. The van der Waals surface area contributed by atoms with Crippen LogP contribution in [0.5, 0.6) is 5.75 Å². The Morgan fingerprint density at radius 2 is 2.05 bits per heavy atom. The van der Waals surface area contributed by atoms with Crippen LogP contribution >= 0.6 is 0 Å². The van der Waals surface area contributed by atoms with E-state index in [1.165, 1.54) is 12.1 Å². The van der Waals surface area contributed by atoms with Crippen LogP contribution in [-0.4, -0.2) is 36.1 Å². The number of aromatic hydroxyl groups is 1. The van der Waals surface area contributed by atoms with Crippen molar-refractivity contribution in [2.24, 2.45) is 10.7 Å². The van der Waals surface area contributed by atoms with E-state index in [9.17, 15) is 4.79 Å². The molecule has 0 heterocycles. The third-order valence-electron chi connectivity index (χ3n) is 2.74. The lowest BCUT2D eigenvalue weighted by molar-refractivity contribution is 0.0955. The molecule has 6 nitrogen and oxygen atoms in total. The fourth-order valence-electron chi connectivity index (χ4n) is 1.54. The Morgan fingerprint density at radius 3 is 2.68 bits per heavy atom. The fourth-order valence-corrected chi connectivity index (χ4v) is 1.54. The standard InChI is InChI=1S/C13H18N4O2/c14-13(17-10-3-4-10)16-8-7-15-12(19)9-1-5-11(18)6-2-9/h1-2,5-6,10,18H,3-4,7-8H2,(H,15,19)(H3,14,16,17). The Bertz CT molecular complexity index is 466. The number of guanidine groups is 1. The number of nitrogens with two attached hydrogens (primary N) is 1. The van der Waals surface area contributed by atoms with Crippen molar-refractivity contribution >= 4 is 11.9 Å². The van der Waals surface area contributed by atoms with Crippen molar-refractivity contribution in [2.45, 2.75) is 18.9 Å². The Morgan fingerprint density at radius 1 is 1.37 bits per heavy atom. The second-order valence-corrected chi connectivity index (χ2v) is 4.49. The fraction of sp³-hybridized carbons (Fsp3) is 0.385. The number of nitrogens with one attached hydrogen (secondary N) is 2. The molecule has 102 valence electrons. The number of aliphatic imine (C=N–C) groups is 1. The monoisotopic (exact) mass is 262 g/mol. The summed E-state index contributed by atoms with van der Waals surface area (Å²) in [6.07, 6.45) is 2.29. The summed E-state index contributed by atoms with van der Waals surface area (Å²) >= 11 is 0. The van der Waals surface area contributed by atoms with Gasteiger partial charge in [0.15, 0.2) is 5.96 Å². The van der Waals surface area contributed by atoms with Crippen molar-refractivity contribution in [3.63, 3.8) is 0 Å². The van der Waals surface area contributed by atoms with Crippen molar-refractivity contribution < 1.29 is 9.90 Å². The molecule has 0 atom stereocenters. The van der Waals surface area contributed by atoms with E-state index in [0.717, 1.165) is 12.8 Å². The number of rotatable bonds is 5. The van der Waals surface area contributed by atoms with E-state index < -0.39 is 0 Å². The van der Waals surface area contributed by atoms with Crippen molar-refractivity contribution in [2.75, 3.05) is 13.1 Å². The van der Waals surface area contributed by atoms with Crippen LogP contribution in [0.25, 0.3) is 0 Å². The van der Waals surface area contributed by atoms with E-state index in [1.54, 1.807) is 12.1 Å². The number of carbonyl (C=O) groups excluding carboxylic acids is 1. The first-order chi connectivity index (χ1) is 9.15. The minimum Gasteiger partial charge on any atom is -0.508 e. The molecule has 5 N–H and O–H groups in total. The lowest BCUT2D eigenvalue weighted by Gasteiger charge is -2.05. The molecule has 1 fully saturated rings. The quantitative estimate of drug-likeness (QED) is 0.346. The molecule has 0 unspecified atom stereocenters. The minimum absolute atomic E-state index is 0.139. The summed E-state index contributed by atoms with van der Waals surface area (Å²) in [5, 5.41) is 14.9. The van der Waals surface area contributed by atoms with Crippen molar-refractivity contribution in [3.8, 4) is 5.75 Å². The van der Waals surface area contributed by atoms with Crippen molar-refractivity contribution in [3.05, 3.63) is 29.8 Å². The predicted octanol–water partition coefficient (Wildman–Crippen LogP) is 0.189. The first-order valence-electron chi connectivity index (χ1n) is 6.29. The summed E-state index contributed by atoms with van der Waals surface area (Å²) in [7, 11) is 0. The van der Waals surface area contributed by atoms with Gasteiger partial charge in [-0.3, -0.25) is 9.79 Å². The second kappa shape index (κ2) is 6.08. The van der Waals surface area contributed by atoms with E-state index >= 15 is 0 Å². The number of phenolic OH excluding ortho intramolecular Hbond substituents is 1. The van der Waals surface area contributed by atoms with Gasteiger partial charge >= 0.3 is 0 Å². The predicted molar refractivity (Wildman–Crippen MR) is 73.1 cm³/mol. The van der Waals surface area contributed by atoms with Crippen LogP contribution < -0.4 is 16.4 Å². The van der Waals surface area contributed by atoms with Crippen LogP contribution in [-0.2, 0) is 0 Å². The zero-order valence-corrected chi connectivity index (χ0v) is 10.6. The molecule has 2 rings (SSSR count). The summed E-state index contributed by atoms with van der Waals surface area (Å²) in [5.74, 6) is 0.380. The molecule has 1 aromatic rings. The molecule has 0 bridgehead atoms. The number of benzene rings is 1. The number of amides is 1. The zero-order chi connectivity index (χ0) is 13.7. The van der Waals surface area contributed by atoms with Crippen LogP contribution in [0.15, 0.2) is 29.3 Å². The second-order valence-electron chi connectivity index (χ2n) is 4.49. The summed E-state index contributed by atoms with van der Waals surface area (Å²) < 4.78 is 0. The van der Waals surface area contributed by atoms with Gasteiger partial charge in [0.2, 0.25) is 0 Å². The molecule has 1 aromatic carbocycles. The van der Waals surface area contributed by atoms with Gasteiger partial charge in [0.1, 0.15) is 5.75 Å². The van der Waals surface area contributed by atoms with Crippen molar-refractivity contribution in [1.29, 1.82) is 0 Å². The Labute approximate surface area is 111 Å². The summed E-state index contributed by atoms with van der Waals surface area (Å²) in [5.41, 5.74) is 6.16. The Balaban J connectivity index is 1.69. The van der Waals surface area contributed by atoms with E-state index in [4.69, 9.17) is 10.8 Å². The Kier molecular flexibility index (Phi) is 4.22. The molecule has 6 heteroatoms. The summed E-state index contributed by atoms with van der Waals surface area (Å²) in [4.78, 5) is 15.8. The molecular weight excluding hydrogens is 244 g/mol. The molecule has 1 amide bonds. The topological polar surface area (TPSA) is 99.7 Å². The molecule has 1 aliphatic rings. The molecule has 0 radical (unpaired) electrons. The van der Waals surface area contributed by atoms with Crippen LogP contribution in [0.4, 0.5) is 0 Å². The third kappa shape index (κ3) is 4.50. The van der Waals surface area contributed by atoms with Gasteiger partial charge < -0.3 is 21.5 Å². The number of phenols is 1. The van der Waals surface area contributed by atoms with Gasteiger partial charge in [-0.1, -0.05) is 0 Å². The highest BCUT2D eigenvalue weighted by atomic mass is 16.3. The first-order valence-corrected chi connectivity index (χ1v) is 6.29. The van der Waals surface area contributed by atoms with E-state index in [1.807, 2.05) is 0 Å². The maximum atomic E-state index is 11.7. The molecule has 19 heavy (non-hydrogen) atoms. The highest BCUT2D eigenvalue weighted by Crippen LogP contribution is 2.17. The first kappa shape index (κ1) is 13.2.